The van der Waals surface area contributed by atoms with E-state index in [1.165, 1.54) is 11.4 Å². The predicted octanol–water partition coefficient (Wildman–Crippen LogP) is 1.39. The standard InChI is InChI=1S/C18H23NO6S2/c1-18(2)16(17(21)23-3)19(10-13-26-18)27(22)25-15-8-6-14(7-9-15)24-12-5-4-11-20/h6-9,16,20H,10-13H2,1-3H3. The summed E-state index contributed by atoms with van der Waals surface area (Å²) < 4.78 is 29.6. The van der Waals surface area contributed by atoms with E-state index in [2.05, 4.69) is 11.8 Å². The first kappa shape index (κ1) is 21.6. The average Bonchev–Trinajstić information content (AvgIpc) is 2.65. The van der Waals surface area contributed by atoms with Crippen molar-refractivity contribution in [2.45, 2.75) is 24.6 Å². The van der Waals surface area contributed by atoms with Crippen molar-refractivity contribution in [3.05, 3.63) is 24.3 Å². The van der Waals surface area contributed by atoms with E-state index in [9.17, 15) is 9.00 Å². The molecule has 0 saturated carbocycles. The molecule has 7 nitrogen and oxygen atoms in total. The minimum Gasteiger partial charge on any atom is -0.481 e. The molecule has 1 aromatic rings. The summed E-state index contributed by atoms with van der Waals surface area (Å²) in [5.74, 6) is 6.40. The second-order valence-electron chi connectivity index (χ2n) is 6.09. The van der Waals surface area contributed by atoms with Crippen LogP contribution < -0.4 is 8.92 Å². The Morgan fingerprint density at radius 1 is 1.33 bits per heavy atom. The lowest BCUT2D eigenvalue weighted by molar-refractivity contribution is -0.146. The molecule has 0 aliphatic carbocycles. The maximum absolute atomic E-state index is 12.7. The zero-order valence-electron chi connectivity index (χ0n) is 15.5. The predicted molar refractivity (Wildman–Crippen MR) is 105 cm³/mol. The molecule has 0 aromatic heterocycles. The summed E-state index contributed by atoms with van der Waals surface area (Å²) in [7, 11) is 1.32. The Kier molecular flexibility index (Phi) is 7.98. The van der Waals surface area contributed by atoms with Crippen LogP contribution in [0, 0.1) is 11.8 Å². The maximum atomic E-state index is 12.7. The van der Waals surface area contributed by atoms with Crippen molar-refractivity contribution in [2.75, 3.05) is 32.6 Å². The van der Waals surface area contributed by atoms with Crippen LogP contribution in [0.25, 0.3) is 0 Å². The Hall–Kier alpha value is -1.73. The lowest BCUT2D eigenvalue weighted by Crippen LogP contribution is -2.58. The van der Waals surface area contributed by atoms with Gasteiger partial charge in [0.2, 0.25) is 0 Å². The van der Waals surface area contributed by atoms with Gasteiger partial charge in [-0.05, 0) is 38.1 Å². The van der Waals surface area contributed by atoms with E-state index in [0.717, 1.165) is 5.75 Å². The molecule has 0 radical (unpaired) electrons. The Bertz CT molecular complexity index is 726. The summed E-state index contributed by atoms with van der Waals surface area (Å²) in [4.78, 5) is 12.2. The minimum atomic E-state index is -1.84. The lowest BCUT2D eigenvalue weighted by Gasteiger charge is -2.42. The summed E-state index contributed by atoms with van der Waals surface area (Å²) in [6, 6.07) is 5.92. The van der Waals surface area contributed by atoms with Crippen LogP contribution in [0.1, 0.15) is 13.8 Å². The average molecular weight is 414 g/mol. The van der Waals surface area contributed by atoms with Crippen molar-refractivity contribution in [3.63, 3.8) is 0 Å². The van der Waals surface area contributed by atoms with E-state index in [-0.39, 0.29) is 13.2 Å². The molecule has 2 rings (SSSR count). The van der Waals surface area contributed by atoms with Gasteiger partial charge in [0.05, 0.1) is 7.11 Å². The Morgan fingerprint density at radius 3 is 2.63 bits per heavy atom. The van der Waals surface area contributed by atoms with Gasteiger partial charge in [-0.3, -0.25) is 4.79 Å². The van der Waals surface area contributed by atoms with E-state index in [1.807, 2.05) is 13.8 Å². The molecule has 1 heterocycles. The molecule has 1 saturated heterocycles. The zero-order chi connectivity index (χ0) is 19.9. The number of hydrogen-bond donors (Lipinski definition) is 1. The van der Waals surface area contributed by atoms with E-state index in [0.29, 0.717) is 18.0 Å². The number of ether oxygens (including phenoxy) is 2. The van der Waals surface area contributed by atoms with Crippen LogP contribution in [0.5, 0.6) is 11.5 Å². The molecular formula is C18H23NO6S2. The van der Waals surface area contributed by atoms with Gasteiger partial charge < -0.3 is 18.8 Å². The first-order valence-corrected chi connectivity index (χ1v) is 10.3. The number of hydrogen-bond acceptors (Lipinski definition) is 7. The number of rotatable bonds is 6. The van der Waals surface area contributed by atoms with Crippen LogP contribution >= 0.6 is 11.8 Å². The molecule has 0 amide bonds. The first-order chi connectivity index (χ1) is 12.9. The molecule has 0 bridgehead atoms. The van der Waals surface area contributed by atoms with Crippen molar-refractivity contribution >= 4 is 29.0 Å². The quantitative estimate of drug-likeness (QED) is 0.557. The lowest BCUT2D eigenvalue weighted by atomic mass is 10.0. The number of carbonyl (C=O) groups is 1. The van der Waals surface area contributed by atoms with Crippen molar-refractivity contribution in [1.82, 2.24) is 4.31 Å². The Morgan fingerprint density at radius 2 is 2.00 bits per heavy atom. The summed E-state index contributed by atoms with van der Waals surface area (Å²) in [5.41, 5.74) is 0. The van der Waals surface area contributed by atoms with E-state index in [4.69, 9.17) is 18.8 Å². The molecule has 9 heteroatoms. The first-order valence-electron chi connectivity index (χ1n) is 8.27. The fraction of sp³-hybridized carbons (Fsp3) is 0.500. The van der Waals surface area contributed by atoms with E-state index in [1.54, 1.807) is 36.0 Å². The molecule has 1 aliphatic heterocycles. The fourth-order valence-electron chi connectivity index (χ4n) is 2.58. The SMILES string of the molecule is COC(=O)C1N(S(=O)Oc2ccc(OCC#CCO)cc2)CCSC1(C)C. The summed E-state index contributed by atoms with van der Waals surface area (Å²) in [5, 5.41) is 8.58. The van der Waals surface area contributed by atoms with Crippen LogP contribution in [0.4, 0.5) is 0 Å². The molecule has 1 fully saturated rings. The minimum absolute atomic E-state index is 0.161. The number of aliphatic hydroxyl groups is 1. The van der Waals surface area contributed by atoms with Gasteiger partial charge in [-0.25, -0.2) is 0 Å². The van der Waals surface area contributed by atoms with Gasteiger partial charge in [-0.2, -0.15) is 20.3 Å². The van der Waals surface area contributed by atoms with Crippen LogP contribution in [0.3, 0.4) is 0 Å². The normalized spacial score (nSPS) is 20.1. The Balaban J connectivity index is 2.03. The number of thioether (sulfide) groups is 1. The van der Waals surface area contributed by atoms with Crippen molar-refractivity contribution in [2.24, 2.45) is 0 Å². The molecule has 1 N–H and O–H groups in total. The van der Waals surface area contributed by atoms with Gasteiger partial charge in [0, 0.05) is 17.0 Å². The Labute approximate surface area is 166 Å². The van der Waals surface area contributed by atoms with Crippen LogP contribution in [0.2, 0.25) is 0 Å². The second-order valence-corrected chi connectivity index (χ2v) is 8.91. The highest BCUT2D eigenvalue weighted by Gasteiger charge is 2.47. The smallest absolute Gasteiger partial charge is 0.325 e. The molecule has 27 heavy (non-hydrogen) atoms. The van der Waals surface area contributed by atoms with Crippen molar-refractivity contribution < 1.29 is 27.8 Å². The van der Waals surface area contributed by atoms with Crippen LogP contribution in [-0.2, 0) is 20.8 Å². The number of aliphatic hydroxyl groups excluding tert-OH is 1. The third kappa shape index (κ3) is 5.87. The maximum Gasteiger partial charge on any atom is 0.325 e. The molecule has 148 valence electrons. The highest BCUT2D eigenvalue weighted by molar-refractivity contribution is 8.00. The molecule has 0 spiro atoms. The van der Waals surface area contributed by atoms with Gasteiger partial charge in [-0.15, -0.1) is 0 Å². The van der Waals surface area contributed by atoms with Gasteiger partial charge in [0.15, 0.2) is 0 Å². The van der Waals surface area contributed by atoms with Gasteiger partial charge in [0.25, 0.3) is 11.3 Å². The third-order valence-electron chi connectivity index (χ3n) is 3.85. The topological polar surface area (TPSA) is 85.3 Å². The van der Waals surface area contributed by atoms with Crippen LogP contribution in [0.15, 0.2) is 24.3 Å². The zero-order valence-corrected chi connectivity index (χ0v) is 17.1. The number of benzene rings is 1. The number of methoxy groups -OCH3 is 1. The van der Waals surface area contributed by atoms with E-state index >= 15 is 0 Å². The number of esters is 1. The molecule has 1 aliphatic rings. The largest absolute Gasteiger partial charge is 0.481 e. The second kappa shape index (κ2) is 9.99. The molecular weight excluding hydrogens is 390 g/mol. The monoisotopic (exact) mass is 413 g/mol. The van der Waals surface area contributed by atoms with Crippen molar-refractivity contribution in [3.8, 4) is 23.3 Å². The molecule has 1 aromatic carbocycles. The third-order valence-corrected chi connectivity index (χ3v) is 6.32. The fourth-order valence-corrected chi connectivity index (χ4v) is 5.09. The summed E-state index contributed by atoms with van der Waals surface area (Å²) in [6.45, 7) is 4.25. The van der Waals surface area contributed by atoms with Gasteiger partial charge >= 0.3 is 5.97 Å². The highest BCUT2D eigenvalue weighted by atomic mass is 32.2. The van der Waals surface area contributed by atoms with E-state index < -0.39 is 28.0 Å². The number of nitrogens with zero attached hydrogens (tertiary/aromatic N) is 1. The van der Waals surface area contributed by atoms with Gasteiger partial charge in [0.1, 0.15) is 30.8 Å². The van der Waals surface area contributed by atoms with Gasteiger partial charge in [-0.1, -0.05) is 11.8 Å². The summed E-state index contributed by atoms with van der Waals surface area (Å²) >= 11 is -0.206. The molecule has 2 unspecified atom stereocenters. The van der Waals surface area contributed by atoms with Crippen LogP contribution in [-0.4, -0.2) is 63.0 Å². The molecule has 2 atom stereocenters. The number of carbonyl (C=O) groups excluding carboxylic acids is 1. The van der Waals surface area contributed by atoms with Crippen molar-refractivity contribution in [1.29, 1.82) is 0 Å². The summed E-state index contributed by atoms with van der Waals surface area (Å²) in [6.07, 6.45) is 0. The highest BCUT2D eigenvalue weighted by Crippen LogP contribution is 2.37.